The van der Waals surface area contributed by atoms with Crippen LogP contribution in [0.2, 0.25) is 0 Å². The van der Waals surface area contributed by atoms with E-state index in [2.05, 4.69) is 10.4 Å². The van der Waals surface area contributed by atoms with Gasteiger partial charge < -0.3 is 15.0 Å². The average molecular weight is 413 g/mol. The second-order valence-electron chi connectivity index (χ2n) is 6.95. The highest BCUT2D eigenvalue weighted by atomic mass is 35.5. The Morgan fingerprint density at radius 2 is 1.90 bits per heavy atom. The molecule has 2 heterocycles. The third kappa shape index (κ3) is 4.28. The lowest BCUT2D eigenvalue weighted by molar-refractivity contribution is 0.0737. The Kier molecular flexibility index (Phi) is 6.56. The van der Waals surface area contributed by atoms with Crippen LogP contribution in [0.15, 0.2) is 60.7 Å². The van der Waals surface area contributed by atoms with Crippen molar-refractivity contribution >= 4 is 18.3 Å². The number of hydrogen-bond acceptors (Lipinski definition) is 4. The van der Waals surface area contributed by atoms with E-state index in [1.807, 2.05) is 72.4 Å². The van der Waals surface area contributed by atoms with E-state index in [0.717, 1.165) is 42.2 Å². The van der Waals surface area contributed by atoms with Gasteiger partial charge in [0.1, 0.15) is 5.75 Å². The second-order valence-corrected chi connectivity index (χ2v) is 6.95. The van der Waals surface area contributed by atoms with Gasteiger partial charge in [0.2, 0.25) is 0 Å². The second kappa shape index (κ2) is 9.11. The van der Waals surface area contributed by atoms with Crippen LogP contribution in [0.25, 0.3) is 16.9 Å². The minimum atomic E-state index is -0.0573. The molecule has 1 fully saturated rings. The van der Waals surface area contributed by atoms with E-state index in [1.54, 1.807) is 12.0 Å². The van der Waals surface area contributed by atoms with E-state index in [1.165, 1.54) is 0 Å². The van der Waals surface area contributed by atoms with Crippen molar-refractivity contribution in [1.82, 2.24) is 20.0 Å². The molecule has 1 atom stereocenters. The lowest BCUT2D eigenvalue weighted by atomic mass is 10.1. The molecule has 1 aliphatic rings. The minimum Gasteiger partial charge on any atom is -0.497 e. The number of halogens is 1. The lowest BCUT2D eigenvalue weighted by Gasteiger charge is -2.22. The van der Waals surface area contributed by atoms with Crippen LogP contribution >= 0.6 is 12.4 Å². The molecule has 4 rings (SSSR count). The quantitative estimate of drug-likeness (QED) is 0.697. The van der Waals surface area contributed by atoms with Gasteiger partial charge >= 0.3 is 0 Å². The topological polar surface area (TPSA) is 59.4 Å². The first-order chi connectivity index (χ1) is 13.7. The number of amides is 1. The molecule has 6 nitrogen and oxygen atoms in total. The van der Waals surface area contributed by atoms with Gasteiger partial charge in [-0.3, -0.25) is 4.79 Å². The first-order valence-electron chi connectivity index (χ1n) is 9.45. The summed E-state index contributed by atoms with van der Waals surface area (Å²) in [4.78, 5) is 14.9. The Morgan fingerprint density at radius 3 is 2.52 bits per heavy atom. The maximum Gasteiger partial charge on any atom is 0.274 e. The van der Waals surface area contributed by atoms with Gasteiger partial charge in [-0.05, 0) is 55.4 Å². The Balaban J connectivity index is 0.00000240. The molecule has 29 heavy (non-hydrogen) atoms. The molecule has 1 unspecified atom stereocenters. The summed E-state index contributed by atoms with van der Waals surface area (Å²) in [5.41, 5.74) is 3.21. The number of nitrogens with zero attached hydrogens (tertiary/aromatic N) is 3. The Hall–Kier alpha value is -2.83. The van der Waals surface area contributed by atoms with Crippen molar-refractivity contribution in [2.24, 2.45) is 0 Å². The highest BCUT2D eigenvalue weighted by Gasteiger charge is 2.26. The molecule has 3 aromatic rings. The fourth-order valence-corrected chi connectivity index (χ4v) is 3.54. The zero-order valence-electron chi connectivity index (χ0n) is 16.5. The monoisotopic (exact) mass is 412 g/mol. The largest absolute Gasteiger partial charge is 0.497 e. The molecule has 0 saturated carbocycles. The number of aromatic nitrogens is 2. The van der Waals surface area contributed by atoms with Crippen molar-refractivity contribution < 1.29 is 9.53 Å². The van der Waals surface area contributed by atoms with Crippen LogP contribution in [0.5, 0.6) is 5.75 Å². The molecule has 0 spiro atoms. The van der Waals surface area contributed by atoms with Crippen LogP contribution in [0.1, 0.15) is 16.9 Å². The average Bonchev–Trinajstić information content (AvgIpc) is 3.44. The number of methoxy groups -OCH3 is 1. The Labute approximate surface area is 176 Å². The van der Waals surface area contributed by atoms with Crippen LogP contribution in [0, 0.1) is 0 Å². The van der Waals surface area contributed by atoms with Gasteiger partial charge in [-0.1, -0.05) is 18.2 Å². The molecule has 1 aliphatic heterocycles. The van der Waals surface area contributed by atoms with Crippen molar-refractivity contribution in [3.63, 3.8) is 0 Å². The molecule has 2 aromatic carbocycles. The van der Waals surface area contributed by atoms with Crippen LogP contribution in [-0.2, 0) is 0 Å². The number of para-hydroxylation sites is 1. The summed E-state index contributed by atoms with van der Waals surface area (Å²) >= 11 is 0. The Morgan fingerprint density at radius 1 is 1.17 bits per heavy atom. The van der Waals surface area contributed by atoms with E-state index in [0.29, 0.717) is 5.69 Å². The van der Waals surface area contributed by atoms with Crippen LogP contribution in [-0.4, -0.2) is 53.9 Å². The van der Waals surface area contributed by atoms with Crippen molar-refractivity contribution in [3.05, 3.63) is 66.4 Å². The van der Waals surface area contributed by atoms with Crippen molar-refractivity contribution in [1.29, 1.82) is 0 Å². The maximum absolute atomic E-state index is 13.1. The van der Waals surface area contributed by atoms with Gasteiger partial charge in [-0.15, -0.1) is 12.4 Å². The number of carbonyl (C=O) groups is 1. The molecule has 1 N–H and O–H groups in total. The highest BCUT2D eigenvalue weighted by molar-refractivity contribution is 5.93. The maximum atomic E-state index is 13.1. The first-order valence-corrected chi connectivity index (χ1v) is 9.45. The summed E-state index contributed by atoms with van der Waals surface area (Å²) in [6.45, 7) is 1.77. The molecule has 0 bridgehead atoms. The van der Waals surface area contributed by atoms with E-state index in [-0.39, 0.29) is 24.4 Å². The lowest BCUT2D eigenvalue weighted by Crippen LogP contribution is -2.38. The van der Waals surface area contributed by atoms with Crippen molar-refractivity contribution in [2.45, 2.75) is 12.5 Å². The molecular formula is C22H25ClN4O2. The van der Waals surface area contributed by atoms with Gasteiger partial charge in [0.05, 0.1) is 18.5 Å². The fourth-order valence-electron chi connectivity index (χ4n) is 3.54. The first kappa shape index (κ1) is 20.9. The van der Waals surface area contributed by atoms with E-state index in [9.17, 15) is 4.79 Å². The molecule has 152 valence electrons. The zero-order chi connectivity index (χ0) is 19.5. The molecule has 1 aromatic heterocycles. The highest BCUT2D eigenvalue weighted by Crippen LogP contribution is 2.27. The molecule has 1 saturated heterocycles. The smallest absolute Gasteiger partial charge is 0.274 e. The molecular weight excluding hydrogens is 388 g/mol. The number of carbonyl (C=O) groups excluding carboxylic acids is 1. The third-order valence-electron chi connectivity index (χ3n) is 5.22. The predicted octanol–water partition coefficient (Wildman–Crippen LogP) is 3.40. The number of benzene rings is 2. The van der Waals surface area contributed by atoms with Crippen LogP contribution in [0.3, 0.4) is 0 Å². The molecule has 0 radical (unpaired) electrons. The summed E-state index contributed by atoms with van der Waals surface area (Å²) in [6.07, 6.45) is 0.965. The number of hydrogen-bond donors (Lipinski definition) is 1. The molecule has 7 heteroatoms. The normalized spacial score (nSPS) is 15.6. The van der Waals surface area contributed by atoms with Crippen LogP contribution < -0.4 is 10.1 Å². The molecule has 1 amide bonds. The minimum absolute atomic E-state index is 0. The van der Waals surface area contributed by atoms with Gasteiger partial charge in [-0.25, -0.2) is 4.68 Å². The van der Waals surface area contributed by atoms with E-state index in [4.69, 9.17) is 4.74 Å². The zero-order valence-corrected chi connectivity index (χ0v) is 17.4. The SMILES string of the molecule is COc1ccc(-c2cc(C(=O)N(C)C3CCNC3)nn2-c2ccccc2)cc1.Cl. The summed E-state index contributed by atoms with van der Waals surface area (Å²) < 4.78 is 7.09. The Bertz CT molecular complexity index is 951. The van der Waals surface area contributed by atoms with E-state index >= 15 is 0 Å². The number of nitrogens with one attached hydrogen (secondary N) is 1. The van der Waals surface area contributed by atoms with Crippen LogP contribution in [0.4, 0.5) is 0 Å². The summed E-state index contributed by atoms with van der Waals surface area (Å²) in [6, 6.07) is 19.7. The third-order valence-corrected chi connectivity index (χ3v) is 5.22. The summed E-state index contributed by atoms with van der Waals surface area (Å²) in [7, 11) is 3.50. The standard InChI is InChI=1S/C22H24N4O2.ClH/c1-25(18-12-13-23-15-18)22(27)20-14-21(16-8-10-19(28-2)11-9-16)26(24-20)17-6-4-3-5-7-17;/h3-11,14,18,23H,12-13,15H2,1-2H3;1H. The fraction of sp³-hybridized carbons (Fsp3) is 0.273. The van der Waals surface area contributed by atoms with Gasteiger partial charge in [0, 0.05) is 25.2 Å². The van der Waals surface area contributed by atoms with Gasteiger partial charge in [0.15, 0.2) is 5.69 Å². The number of ether oxygens (including phenoxy) is 1. The summed E-state index contributed by atoms with van der Waals surface area (Å²) in [5.74, 6) is 0.734. The van der Waals surface area contributed by atoms with Gasteiger partial charge in [-0.2, -0.15) is 5.10 Å². The van der Waals surface area contributed by atoms with E-state index < -0.39 is 0 Å². The predicted molar refractivity (Wildman–Crippen MR) is 116 cm³/mol. The number of likely N-dealkylation sites (N-methyl/N-ethyl adjacent to an activating group) is 1. The van der Waals surface area contributed by atoms with Crippen molar-refractivity contribution in [3.8, 4) is 22.7 Å². The van der Waals surface area contributed by atoms with Gasteiger partial charge in [0.25, 0.3) is 5.91 Å². The number of rotatable bonds is 5. The van der Waals surface area contributed by atoms with Crippen molar-refractivity contribution in [2.75, 3.05) is 27.2 Å². The summed E-state index contributed by atoms with van der Waals surface area (Å²) in [5, 5.41) is 7.97. The molecule has 0 aliphatic carbocycles.